The molecule has 0 unspecified atom stereocenters. The monoisotopic (exact) mass is 346 g/mol. The van der Waals surface area contributed by atoms with Gasteiger partial charge in [0.2, 0.25) is 5.95 Å². The number of rotatable bonds is 4. The minimum absolute atomic E-state index is 0.174. The zero-order chi connectivity index (χ0) is 16.2. The molecule has 3 N–H and O–H groups in total. The number of anilines is 4. The van der Waals surface area contributed by atoms with E-state index in [4.69, 9.17) is 23.2 Å². The molecular weight excluding hydrogens is 335 g/mol. The van der Waals surface area contributed by atoms with Crippen LogP contribution in [-0.2, 0) is 0 Å². The van der Waals surface area contributed by atoms with Gasteiger partial charge >= 0.3 is 0 Å². The van der Waals surface area contributed by atoms with Crippen LogP contribution in [0.1, 0.15) is 0 Å². The van der Waals surface area contributed by atoms with Gasteiger partial charge in [0.25, 0.3) is 0 Å². The van der Waals surface area contributed by atoms with E-state index in [2.05, 4.69) is 20.6 Å². The fraction of sp³-hybridized carbons (Fsp3) is 0. The molecule has 5 nitrogen and oxygen atoms in total. The Kier molecular flexibility index (Phi) is 4.50. The van der Waals surface area contributed by atoms with Gasteiger partial charge in [0.05, 0.1) is 28.1 Å². The van der Waals surface area contributed by atoms with Crippen LogP contribution in [0.5, 0.6) is 5.75 Å². The highest BCUT2D eigenvalue weighted by molar-refractivity contribution is 6.42. The molecule has 0 saturated heterocycles. The number of benzene rings is 2. The van der Waals surface area contributed by atoms with Gasteiger partial charge in [-0.3, -0.25) is 0 Å². The number of aromatic nitrogens is 2. The van der Waals surface area contributed by atoms with E-state index in [9.17, 15) is 5.11 Å². The minimum atomic E-state index is 0.174. The van der Waals surface area contributed by atoms with E-state index in [1.54, 1.807) is 42.7 Å². The van der Waals surface area contributed by atoms with E-state index in [1.807, 2.05) is 12.1 Å². The predicted molar refractivity (Wildman–Crippen MR) is 93.2 cm³/mol. The van der Waals surface area contributed by atoms with Crippen LogP contribution in [0.4, 0.5) is 23.0 Å². The third-order valence-electron chi connectivity index (χ3n) is 2.96. The van der Waals surface area contributed by atoms with E-state index in [-0.39, 0.29) is 5.75 Å². The molecule has 23 heavy (non-hydrogen) atoms. The van der Waals surface area contributed by atoms with Crippen LogP contribution >= 0.6 is 23.2 Å². The molecule has 0 saturated carbocycles. The normalized spacial score (nSPS) is 10.3. The minimum Gasteiger partial charge on any atom is -0.508 e. The average Bonchev–Trinajstić information content (AvgIpc) is 2.53. The van der Waals surface area contributed by atoms with Gasteiger partial charge < -0.3 is 15.7 Å². The molecule has 0 aliphatic rings. The fourth-order valence-electron chi connectivity index (χ4n) is 1.91. The van der Waals surface area contributed by atoms with Crippen LogP contribution in [0, 0.1) is 0 Å². The van der Waals surface area contributed by atoms with E-state index in [0.29, 0.717) is 27.4 Å². The maximum atomic E-state index is 9.43. The Morgan fingerprint density at radius 1 is 0.783 bits per heavy atom. The molecule has 116 valence electrons. The van der Waals surface area contributed by atoms with Crippen molar-refractivity contribution in [3.63, 3.8) is 0 Å². The second kappa shape index (κ2) is 6.73. The molecule has 0 spiro atoms. The van der Waals surface area contributed by atoms with Crippen molar-refractivity contribution >= 4 is 46.2 Å². The first-order chi connectivity index (χ1) is 11.1. The van der Waals surface area contributed by atoms with E-state index >= 15 is 0 Å². The van der Waals surface area contributed by atoms with Crippen LogP contribution in [-0.4, -0.2) is 15.1 Å². The summed E-state index contributed by atoms with van der Waals surface area (Å²) in [5.41, 5.74) is 2.21. The third kappa shape index (κ3) is 4.03. The van der Waals surface area contributed by atoms with Crippen molar-refractivity contribution in [2.24, 2.45) is 0 Å². The quantitative estimate of drug-likeness (QED) is 0.621. The van der Waals surface area contributed by atoms with Gasteiger partial charge in [-0.15, -0.1) is 0 Å². The molecule has 3 aromatic rings. The number of nitrogens with one attached hydrogen (secondary N) is 2. The summed E-state index contributed by atoms with van der Waals surface area (Å²) in [6, 6.07) is 12.0. The molecule has 0 aliphatic heterocycles. The van der Waals surface area contributed by atoms with Gasteiger partial charge in [-0.2, -0.15) is 0 Å². The van der Waals surface area contributed by atoms with Crippen LogP contribution in [0.15, 0.2) is 54.9 Å². The summed E-state index contributed by atoms with van der Waals surface area (Å²) in [5, 5.41) is 16.5. The second-order valence-corrected chi connectivity index (χ2v) is 5.54. The molecule has 2 aromatic carbocycles. The summed E-state index contributed by atoms with van der Waals surface area (Å²) in [7, 11) is 0. The molecule has 0 radical (unpaired) electrons. The zero-order valence-corrected chi connectivity index (χ0v) is 13.3. The Bertz CT molecular complexity index is 825. The van der Waals surface area contributed by atoms with E-state index in [1.165, 1.54) is 0 Å². The lowest BCUT2D eigenvalue weighted by Gasteiger charge is -2.08. The summed E-state index contributed by atoms with van der Waals surface area (Å²) in [5.74, 6) is 0.600. The molecule has 0 bridgehead atoms. The molecule has 0 fully saturated rings. The molecule has 7 heteroatoms. The Morgan fingerprint density at radius 2 is 1.52 bits per heavy atom. The molecule has 1 aromatic heterocycles. The van der Waals surface area contributed by atoms with Crippen molar-refractivity contribution in [2.75, 3.05) is 10.6 Å². The average molecular weight is 347 g/mol. The van der Waals surface area contributed by atoms with Crippen LogP contribution in [0.2, 0.25) is 10.0 Å². The largest absolute Gasteiger partial charge is 0.508 e. The smallest absolute Gasteiger partial charge is 0.227 e. The number of hydrogen-bond acceptors (Lipinski definition) is 5. The summed E-state index contributed by atoms with van der Waals surface area (Å²) in [4.78, 5) is 8.43. The first kappa shape index (κ1) is 15.4. The Hall–Kier alpha value is -2.50. The lowest BCUT2D eigenvalue weighted by atomic mass is 10.3. The van der Waals surface area contributed by atoms with Crippen molar-refractivity contribution in [2.45, 2.75) is 0 Å². The predicted octanol–water partition coefficient (Wildman–Crippen LogP) is 4.98. The SMILES string of the molecule is Oc1cccc(Nc2ncc(Nc3ccc(Cl)c(Cl)c3)cn2)c1. The summed E-state index contributed by atoms with van der Waals surface area (Å²) in [6.45, 7) is 0. The Balaban J connectivity index is 1.70. The first-order valence-corrected chi connectivity index (χ1v) is 7.46. The topological polar surface area (TPSA) is 70.1 Å². The van der Waals surface area contributed by atoms with E-state index in [0.717, 1.165) is 5.69 Å². The van der Waals surface area contributed by atoms with Gasteiger partial charge in [-0.25, -0.2) is 9.97 Å². The van der Waals surface area contributed by atoms with Gasteiger partial charge in [0, 0.05) is 17.4 Å². The summed E-state index contributed by atoms with van der Waals surface area (Å²) < 4.78 is 0. The first-order valence-electron chi connectivity index (χ1n) is 6.70. The maximum Gasteiger partial charge on any atom is 0.227 e. The molecule has 0 aliphatic carbocycles. The van der Waals surface area contributed by atoms with Gasteiger partial charge in [0.1, 0.15) is 5.75 Å². The molecule has 3 rings (SSSR count). The standard InChI is InChI=1S/C16H12Cl2N4O/c17-14-5-4-11(7-15(14)18)21-12-8-19-16(20-9-12)22-10-2-1-3-13(23)6-10/h1-9,21,23H,(H,19,20,22). The highest BCUT2D eigenvalue weighted by Crippen LogP contribution is 2.27. The van der Waals surface area contributed by atoms with Gasteiger partial charge in [-0.1, -0.05) is 29.3 Å². The number of halogens is 2. The van der Waals surface area contributed by atoms with Gasteiger partial charge in [0.15, 0.2) is 0 Å². The summed E-state index contributed by atoms with van der Waals surface area (Å²) in [6.07, 6.45) is 3.28. The van der Waals surface area contributed by atoms with Crippen molar-refractivity contribution in [3.05, 3.63) is 64.9 Å². The van der Waals surface area contributed by atoms with Crippen LogP contribution < -0.4 is 10.6 Å². The van der Waals surface area contributed by atoms with Crippen LogP contribution in [0.3, 0.4) is 0 Å². The van der Waals surface area contributed by atoms with Crippen LogP contribution in [0.25, 0.3) is 0 Å². The lowest BCUT2D eigenvalue weighted by molar-refractivity contribution is 0.475. The third-order valence-corrected chi connectivity index (χ3v) is 3.70. The van der Waals surface area contributed by atoms with E-state index < -0.39 is 0 Å². The lowest BCUT2D eigenvalue weighted by Crippen LogP contribution is -1.98. The molecule has 0 amide bonds. The highest BCUT2D eigenvalue weighted by Gasteiger charge is 2.02. The van der Waals surface area contributed by atoms with Crippen molar-refractivity contribution in [3.8, 4) is 5.75 Å². The number of phenols is 1. The number of phenolic OH excluding ortho intramolecular Hbond substituents is 1. The highest BCUT2D eigenvalue weighted by atomic mass is 35.5. The number of aromatic hydroxyl groups is 1. The Morgan fingerprint density at radius 3 is 2.22 bits per heavy atom. The Labute approximate surface area is 142 Å². The number of nitrogens with zero attached hydrogens (tertiary/aromatic N) is 2. The number of hydrogen-bond donors (Lipinski definition) is 3. The molecule has 0 atom stereocenters. The molecular formula is C16H12Cl2N4O. The maximum absolute atomic E-state index is 9.43. The van der Waals surface area contributed by atoms with Gasteiger partial charge in [-0.05, 0) is 30.3 Å². The zero-order valence-electron chi connectivity index (χ0n) is 11.8. The van der Waals surface area contributed by atoms with Crippen molar-refractivity contribution < 1.29 is 5.11 Å². The summed E-state index contributed by atoms with van der Waals surface area (Å²) >= 11 is 11.9. The van der Waals surface area contributed by atoms with Crippen molar-refractivity contribution in [1.29, 1.82) is 0 Å². The van der Waals surface area contributed by atoms with Crippen molar-refractivity contribution in [1.82, 2.24) is 9.97 Å². The second-order valence-electron chi connectivity index (χ2n) is 4.72. The fourth-order valence-corrected chi connectivity index (χ4v) is 2.21. The molecule has 1 heterocycles.